The van der Waals surface area contributed by atoms with Gasteiger partial charge in [-0.15, -0.1) is 0 Å². The summed E-state index contributed by atoms with van der Waals surface area (Å²) < 4.78 is 8.09. The number of aromatic nitrogens is 2. The lowest BCUT2D eigenvalue weighted by atomic mass is 9.85. The molecule has 2 aliphatic carbocycles. The fourth-order valence-electron chi connectivity index (χ4n) is 3.61. The second-order valence-electron chi connectivity index (χ2n) is 7.22. The number of fused-ring (bicyclic) bond motifs is 1. The van der Waals surface area contributed by atoms with Crippen molar-refractivity contribution in [2.45, 2.75) is 51.1 Å². The van der Waals surface area contributed by atoms with Gasteiger partial charge in [0.1, 0.15) is 0 Å². The lowest BCUT2D eigenvalue weighted by molar-refractivity contribution is 0.0814. The average Bonchev–Trinajstić information content (AvgIpc) is 3.14. The topological polar surface area (TPSA) is 30.3 Å². The van der Waals surface area contributed by atoms with Crippen LogP contribution >= 0.6 is 0 Å². The van der Waals surface area contributed by atoms with Crippen LogP contribution in [0.4, 0.5) is 0 Å². The number of hydrogen-bond acceptors (Lipinski definition) is 3. The van der Waals surface area contributed by atoms with Crippen LogP contribution in [-0.4, -0.2) is 41.0 Å². The summed E-state index contributed by atoms with van der Waals surface area (Å²) in [5.74, 6) is 1.82. The van der Waals surface area contributed by atoms with Crippen LogP contribution in [0.5, 0.6) is 0 Å². The van der Waals surface area contributed by atoms with E-state index >= 15 is 0 Å². The minimum absolute atomic E-state index is 0.503. The number of ether oxygens (including phenoxy) is 1. The molecule has 0 saturated heterocycles. The molecular formula is C17H27N3O. The van der Waals surface area contributed by atoms with Crippen LogP contribution in [0.3, 0.4) is 0 Å². The first-order chi connectivity index (χ1) is 10.4. The fourth-order valence-corrected chi connectivity index (χ4v) is 3.61. The second kappa shape index (κ2) is 6.09. The normalized spacial score (nSPS) is 26.6. The molecular weight excluding hydrogens is 262 g/mol. The van der Waals surface area contributed by atoms with Crippen molar-refractivity contribution >= 4 is 0 Å². The second-order valence-corrected chi connectivity index (χ2v) is 7.22. The highest BCUT2D eigenvalue weighted by Crippen LogP contribution is 2.31. The number of hydrogen-bond donors (Lipinski definition) is 0. The summed E-state index contributed by atoms with van der Waals surface area (Å²) >= 11 is 0. The smallest absolute Gasteiger partial charge is 0.0671 e. The van der Waals surface area contributed by atoms with E-state index in [1.165, 1.54) is 44.3 Å². The molecule has 0 unspecified atom stereocenters. The van der Waals surface area contributed by atoms with E-state index in [9.17, 15) is 0 Å². The Hall–Kier alpha value is -0.870. The molecule has 2 heterocycles. The first-order valence-corrected chi connectivity index (χ1v) is 8.71. The molecule has 1 aromatic rings. The van der Waals surface area contributed by atoms with Gasteiger partial charge in [0.25, 0.3) is 0 Å². The minimum Gasteiger partial charge on any atom is -0.381 e. The molecule has 116 valence electrons. The zero-order valence-corrected chi connectivity index (χ0v) is 12.9. The summed E-state index contributed by atoms with van der Waals surface area (Å²) in [6.45, 7) is 5.38. The van der Waals surface area contributed by atoms with Crippen molar-refractivity contribution in [2.75, 3.05) is 26.3 Å². The van der Waals surface area contributed by atoms with Gasteiger partial charge in [-0.05, 0) is 50.0 Å². The van der Waals surface area contributed by atoms with Crippen LogP contribution < -0.4 is 0 Å². The highest BCUT2D eigenvalue weighted by molar-refractivity contribution is 5.05. The zero-order valence-electron chi connectivity index (χ0n) is 12.9. The molecule has 0 spiro atoms. The van der Waals surface area contributed by atoms with Gasteiger partial charge in [0.15, 0.2) is 0 Å². The third kappa shape index (κ3) is 3.32. The van der Waals surface area contributed by atoms with Gasteiger partial charge < -0.3 is 4.74 Å². The van der Waals surface area contributed by atoms with E-state index in [-0.39, 0.29) is 0 Å². The SMILES string of the molecule is c1cc2n(n1)[C@@H](CCOCC1CC1)CN(CC1CCC1)C2. The summed E-state index contributed by atoms with van der Waals surface area (Å²) in [6.07, 6.45) is 10.1. The van der Waals surface area contributed by atoms with Crippen molar-refractivity contribution in [3.05, 3.63) is 18.0 Å². The predicted octanol–water partition coefficient (Wildman–Crippen LogP) is 2.86. The standard InChI is InChI=1S/C17H27N3O/c1-2-14(3-1)10-19-11-16-6-8-18-20(16)17(12-19)7-9-21-13-15-4-5-15/h6,8,14-15,17H,1-5,7,9-13H2/t17-/m0/s1. The van der Waals surface area contributed by atoms with Crippen molar-refractivity contribution in [2.24, 2.45) is 11.8 Å². The average molecular weight is 289 g/mol. The summed E-state index contributed by atoms with van der Waals surface area (Å²) in [5, 5.41) is 4.55. The monoisotopic (exact) mass is 289 g/mol. The first-order valence-electron chi connectivity index (χ1n) is 8.71. The Kier molecular flexibility index (Phi) is 3.99. The maximum Gasteiger partial charge on any atom is 0.0671 e. The summed E-state index contributed by atoms with van der Waals surface area (Å²) in [4.78, 5) is 2.65. The molecule has 0 aromatic carbocycles. The fraction of sp³-hybridized carbons (Fsp3) is 0.824. The van der Waals surface area contributed by atoms with E-state index in [0.717, 1.165) is 44.6 Å². The predicted molar refractivity (Wildman–Crippen MR) is 82.0 cm³/mol. The number of rotatable bonds is 7. The molecule has 0 radical (unpaired) electrons. The molecule has 0 amide bonds. The lowest BCUT2D eigenvalue weighted by Gasteiger charge is -2.38. The Morgan fingerprint density at radius 2 is 2.10 bits per heavy atom. The van der Waals surface area contributed by atoms with E-state index < -0.39 is 0 Å². The van der Waals surface area contributed by atoms with Gasteiger partial charge in [-0.3, -0.25) is 9.58 Å². The third-order valence-electron chi connectivity index (χ3n) is 5.34. The lowest BCUT2D eigenvalue weighted by Crippen LogP contribution is -2.41. The third-order valence-corrected chi connectivity index (χ3v) is 5.34. The molecule has 1 atom stereocenters. The van der Waals surface area contributed by atoms with Crippen LogP contribution in [0, 0.1) is 11.8 Å². The highest BCUT2D eigenvalue weighted by atomic mass is 16.5. The van der Waals surface area contributed by atoms with Gasteiger partial charge in [0, 0.05) is 39.0 Å². The van der Waals surface area contributed by atoms with Gasteiger partial charge in [-0.25, -0.2) is 0 Å². The summed E-state index contributed by atoms with van der Waals surface area (Å²) in [7, 11) is 0. The molecule has 1 aliphatic heterocycles. The van der Waals surface area contributed by atoms with Gasteiger partial charge in [0.05, 0.1) is 11.7 Å². The molecule has 0 bridgehead atoms. The largest absolute Gasteiger partial charge is 0.381 e. The van der Waals surface area contributed by atoms with Crippen LogP contribution in [0.1, 0.15) is 50.3 Å². The van der Waals surface area contributed by atoms with Crippen LogP contribution in [0.15, 0.2) is 12.3 Å². The molecule has 4 heteroatoms. The maximum atomic E-state index is 5.84. The Morgan fingerprint density at radius 3 is 2.86 bits per heavy atom. The van der Waals surface area contributed by atoms with Crippen molar-refractivity contribution in [1.29, 1.82) is 0 Å². The Labute approximate surface area is 127 Å². The number of nitrogens with zero attached hydrogens (tertiary/aromatic N) is 3. The molecule has 4 nitrogen and oxygen atoms in total. The maximum absolute atomic E-state index is 5.84. The molecule has 1 aromatic heterocycles. The van der Waals surface area contributed by atoms with Crippen LogP contribution in [0.2, 0.25) is 0 Å². The van der Waals surface area contributed by atoms with Gasteiger partial charge in [-0.2, -0.15) is 5.10 Å². The Morgan fingerprint density at radius 1 is 1.19 bits per heavy atom. The molecule has 4 rings (SSSR count). The van der Waals surface area contributed by atoms with Crippen molar-refractivity contribution < 1.29 is 4.74 Å². The van der Waals surface area contributed by atoms with E-state index in [1.807, 2.05) is 6.20 Å². The highest BCUT2D eigenvalue weighted by Gasteiger charge is 2.29. The quantitative estimate of drug-likeness (QED) is 0.723. The van der Waals surface area contributed by atoms with Crippen molar-refractivity contribution in [3.63, 3.8) is 0 Å². The summed E-state index contributed by atoms with van der Waals surface area (Å²) in [6, 6.07) is 2.69. The molecule has 21 heavy (non-hydrogen) atoms. The van der Waals surface area contributed by atoms with Crippen molar-refractivity contribution in [3.8, 4) is 0 Å². The Bertz CT molecular complexity index is 464. The zero-order chi connectivity index (χ0) is 14.1. The van der Waals surface area contributed by atoms with Crippen LogP contribution in [0.25, 0.3) is 0 Å². The van der Waals surface area contributed by atoms with E-state index in [4.69, 9.17) is 4.74 Å². The first kappa shape index (κ1) is 13.8. The van der Waals surface area contributed by atoms with Gasteiger partial charge in [0.2, 0.25) is 0 Å². The molecule has 2 fully saturated rings. The van der Waals surface area contributed by atoms with E-state index in [2.05, 4.69) is 20.7 Å². The Balaban J connectivity index is 1.32. The molecule has 3 aliphatic rings. The van der Waals surface area contributed by atoms with Gasteiger partial charge in [-0.1, -0.05) is 6.42 Å². The summed E-state index contributed by atoms with van der Waals surface area (Å²) in [5.41, 5.74) is 1.38. The minimum atomic E-state index is 0.503. The molecule has 2 saturated carbocycles. The van der Waals surface area contributed by atoms with Crippen molar-refractivity contribution in [1.82, 2.24) is 14.7 Å². The molecule has 0 N–H and O–H groups in total. The van der Waals surface area contributed by atoms with Crippen LogP contribution in [-0.2, 0) is 11.3 Å². The van der Waals surface area contributed by atoms with E-state index in [0.29, 0.717) is 6.04 Å². The van der Waals surface area contributed by atoms with Gasteiger partial charge >= 0.3 is 0 Å². The van der Waals surface area contributed by atoms with E-state index in [1.54, 1.807) is 0 Å².